The number of carbonyl (C=O) groups excluding carboxylic acids is 2. The molecule has 2 heterocycles. The Bertz CT molecular complexity index is 1220. The van der Waals surface area contributed by atoms with Gasteiger partial charge in [-0.1, -0.05) is 30.0 Å². The van der Waals surface area contributed by atoms with Crippen molar-refractivity contribution in [2.45, 2.75) is 17.0 Å². The van der Waals surface area contributed by atoms with Crippen molar-refractivity contribution in [3.63, 3.8) is 0 Å². The van der Waals surface area contributed by atoms with Gasteiger partial charge in [0.2, 0.25) is 11.1 Å². The molecule has 0 atom stereocenters. The number of anilines is 1. The van der Waals surface area contributed by atoms with Crippen LogP contribution in [0.2, 0.25) is 0 Å². The number of thioether (sulfide) groups is 1. The first-order valence-corrected chi connectivity index (χ1v) is 10.8. The lowest BCUT2D eigenvalue weighted by molar-refractivity contribution is -0.114. The summed E-state index contributed by atoms with van der Waals surface area (Å²) in [7, 11) is -3.91. The van der Waals surface area contributed by atoms with E-state index in [-0.39, 0.29) is 22.2 Å². The summed E-state index contributed by atoms with van der Waals surface area (Å²) in [5.74, 6) is -0.979. The van der Waals surface area contributed by atoms with Gasteiger partial charge in [-0.2, -0.15) is 4.68 Å². The van der Waals surface area contributed by atoms with Crippen LogP contribution < -0.4 is 5.32 Å². The molecule has 0 aliphatic carbocycles. The second-order valence-electron chi connectivity index (χ2n) is 6.03. The van der Waals surface area contributed by atoms with E-state index < -0.39 is 15.9 Å². The first-order valence-electron chi connectivity index (χ1n) is 8.33. The summed E-state index contributed by atoms with van der Waals surface area (Å²) in [6.07, 6.45) is 0. The third kappa shape index (κ3) is 3.47. The molecule has 3 aromatic rings. The van der Waals surface area contributed by atoms with E-state index in [1.165, 1.54) is 23.7 Å². The number of amides is 2. The monoisotopic (exact) mass is 430 g/mol. The van der Waals surface area contributed by atoms with Crippen molar-refractivity contribution in [1.82, 2.24) is 24.5 Å². The third-order valence-corrected chi connectivity index (χ3v) is 6.93. The summed E-state index contributed by atoms with van der Waals surface area (Å²) in [5.41, 5.74) is 1.28. The average molecular weight is 430 g/mol. The van der Waals surface area contributed by atoms with Crippen molar-refractivity contribution < 1.29 is 18.0 Å². The van der Waals surface area contributed by atoms with Crippen molar-refractivity contribution in [3.05, 3.63) is 54.1 Å². The van der Waals surface area contributed by atoms with E-state index in [0.29, 0.717) is 16.5 Å². The van der Waals surface area contributed by atoms with E-state index in [9.17, 15) is 18.0 Å². The molecule has 2 aromatic carbocycles. The van der Waals surface area contributed by atoms with E-state index in [1.807, 2.05) is 0 Å². The zero-order valence-corrected chi connectivity index (χ0v) is 16.6. The molecule has 4 rings (SSSR count). The summed E-state index contributed by atoms with van der Waals surface area (Å²) >= 11 is 1.01. The quantitative estimate of drug-likeness (QED) is 0.604. The van der Waals surface area contributed by atoms with E-state index in [1.54, 1.807) is 36.4 Å². The van der Waals surface area contributed by atoms with E-state index in [0.717, 1.165) is 16.1 Å². The third-order valence-electron chi connectivity index (χ3n) is 4.07. The van der Waals surface area contributed by atoms with E-state index >= 15 is 0 Å². The molecule has 10 nitrogen and oxygen atoms in total. The van der Waals surface area contributed by atoms with Crippen molar-refractivity contribution in [1.29, 1.82) is 0 Å². The van der Waals surface area contributed by atoms with Crippen LogP contribution in [-0.4, -0.2) is 50.6 Å². The molecule has 1 aliphatic heterocycles. The molecule has 0 saturated carbocycles. The molecule has 0 radical (unpaired) electrons. The molecular formula is C17H14N6O4S2. The number of carbonyl (C=O) groups is 2. The Morgan fingerprint density at radius 2 is 1.97 bits per heavy atom. The largest absolute Gasteiger partial charge is 0.326 e. The maximum atomic E-state index is 12.6. The fraction of sp³-hybridized carbons (Fsp3) is 0.118. The average Bonchev–Trinajstić information content (AvgIpc) is 3.22. The lowest BCUT2D eigenvalue weighted by Crippen LogP contribution is -2.29. The first kappa shape index (κ1) is 19.1. The van der Waals surface area contributed by atoms with Crippen LogP contribution in [0.15, 0.2) is 58.6 Å². The number of nitrogens with zero attached hydrogens (tertiary/aromatic N) is 5. The standard InChI is InChI=1S/C17H14N6O4S2/c1-11(24)18-12-5-4-6-13(9-12)23-17(19-20-21-23)28-10-22-16(25)14-7-2-3-8-15(14)29(22,26)27/h2-9H,10H2,1H3,(H,18,24). The molecule has 0 spiro atoms. The summed E-state index contributed by atoms with van der Waals surface area (Å²) in [5, 5.41) is 14.4. The van der Waals surface area contributed by atoms with Gasteiger partial charge in [-0.25, -0.2) is 12.7 Å². The molecule has 29 heavy (non-hydrogen) atoms. The molecule has 0 saturated heterocycles. The lowest BCUT2D eigenvalue weighted by Gasteiger charge is -2.14. The maximum absolute atomic E-state index is 12.6. The van der Waals surface area contributed by atoms with Crippen LogP contribution in [0.1, 0.15) is 17.3 Å². The van der Waals surface area contributed by atoms with Gasteiger partial charge in [0, 0.05) is 12.6 Å². The van der Waals surface area contributed by atoms with Crippen LogP contribution in [0.25, 0.3) is 5.69 Å². The number of sulfonamides is 1. The van der Waals surface area contributed by atoms with Gasteiger partial charge in [-0.05, 0) is 40.8 Å². The lowest BCUT2D eigenvalue weighted by atomic mass is 10.2. The number of hydrogen-bond donors (Lipinski definition) is 1. The normalized spacial score (nSPS) is 14.7. The predicted octanol–water partition coefficient (Wildman–Crippen LogP) is 1.51. The Morgan fingerprint density at radius 1 is 1.17 bits per heavy atom. The number of tetrazole rings is 1. The molecule has 12 heteroatoms. The minimum absolute atomic E-state index is 0.00630. The van der Waals surface area contributed by atoms with Gasteiger partial charge in [0.15, 0.2) is 0 Å². The SMILES string of the molecule is CC(=O)Nc1cccc(-n2nnnc2SCN2C(=O)c3ccccc3S2(=O)=O)c1. The second-order valence-corrected chi connectivity index (χ2v) is 8.78. The maximum Gasteiger partial charge on any atom is 0.269 e. The molecule has 2 amide bonds. The molecule has 0 fully saturated rings. The Labute approximate surface area is 169 Å². The highest BCUT2D eigenvalue weighted by Gasteiger charge is 2.41. The number of nitrogens with one attached hydrogen (secondary N) is 1. The number of fused-ring (bicyclic) bond motifs is 1. The highest BCUT2D eigenvalue weighted by molar-refractivity contribution is 8.00. The highest BCUT2D eigenvalue weighted by Crippen LogP contribution is 2.32. The van der Waals surface area contributed by atoms with Gasteiger partial charge in [0.25, 0.3) is 15.9 Å². The topological polar surface area (TPSA) is 127 Å². The van der Waals surface area contributed by atoms with Crippen molar-refractivity contribution >= 4 is 39.3 Å². The number of aromatic nitrogens is 4. The highest BCUT2D eigenvalue weighted by atomic mass is 32.2. The number of hydrogen-bond acceptors (Lipinski definition) is 8. The van der Waals surface area contributed by atoms with Crippen molar-refractivity contribution in [3.8, 4) is 5.69 Å². The number of benzene rings is 2. The summed E-state index contributed by atoms with van der Waals surface area (Å²) in [4.78, 5) is 23.8. The molecule has 148 valence electrons. The fourth-order valence-corrected chi connectivity index (χ4v) is 5.48. The molecule has 0 unspecified atom stereocenters. The fourth-order valence-electron chi connectivity index (χ4n) is 2.82. The summed E-state index contributed by atoms with van der Waals surface area (Å²) < 4.78 is 27.5. The van der Waals surface area contributed by atoms with Gasteiger partial charge in [-0.3, -0.25) is 9.59 Å². The van der Waals surface area contributed by atoms with Crippen LogP contribution in [0, 0.1) is 0 Å². The van der Waals surface area contributed by atoms with Crippen molar-refractivity contribution in [2.24, 2.45) is 0 Å². The molecule has 1 N–H and O–H groups in total. The second kappa shape index (κ2) is 7.29. The van der Waals surface area contributed by atoms with E-state index in [2.05, 4.69) is 20.8 Å². The minimum Gasteiger partial charge on any atom is -0.326 e. The van der Waals surface area contributed by atoms with Gasteiger partial charge >= 0.3 is 0 Å². The molecule has 0 bridgehead atoms. The van der Waals surface area contributed by atoms with Crippen LogP contribution in [0.4, 0.5) is 5.69 Å². The molecule has 1 aliphatic rings. The Hall–Kier alpha value is -3.25. The Morgan fingerprint density at radius 3 is 2.72 bits per heavy atom. The van der Waals surface area contributed by atoms with Crippen LogP contribution in [0.3, 0.4) is 0 Å². The Kier molecular flexibility index (Phi) is 4.80. The Balaban J connectivity index is 1.57. The minimum atomic E-state index is -3.91. The summed E-state index contributed by atoms with van der Waals surface area (Å²) in [6.45, 7) is 1.40. The van der Waals surface area contributed by atoms with Gasteiger partial charge < -0.3 is 5.32 Å². The van der Waals surface area contributed by atoms with Crippen LogP contribution in [-0.2, 0) is 14.8 Å². The summed E-state index contributed by atoms with van der Waals surface area (Å²) in [6, 6.07) is 12.9. The van der Waals surface area contributed by atoms with Crippen LogP contribution in [0.5, 0.6) is 0 Å². The van der Waals surface area contributed by atoms with Gasteiger partial charge in [0.1, 0.15) is 4.90 Å². The van der Waals surface area contributed by atoms with Gasteiger partial charge in [-0.15, -0.1) is 5.10 Å². The van der Waals surface area contributed by atoms with Crippen LogP contribution >= 0.6 is 11.8 Å². The molecule has 1 aromatic heterocycles. The zero-order valence-electron chi connectivity index (χ0n) is 15.0. The molecular weight excluding hydrogens is 416 g/mol. The number of rotatable bonds is 5. The van der Waals surface area contributed by atoms with Gasteiger partial charge in [0.05, 0.1) is 17.1 Å². The zero-order chi connectivity index (χ0) is 20.6. The smallest absolute Gasteiger partial charge is 0.269 e. The predicted molar refractivity (Wildman–Crippen MR) is 104 cm³/mol. The first-order chi connectivity index (χ1) is 13.9. The van der Waals surface area contributed by atoms with E-state index in [4.69, 9.17) is 0 Å². The van der Waals surface area contributed by atoms with Crippen molar-refractivity contribution in [2.75, 3.05) is 11.2 Å².